The van der Waals surface area contributed by atoms with Crippen molar-refractivity contribution in [3.05, 3.63) is 83.9 Å². The van der Waals surface area contributed by atoms with Gasteiger partial charge in [0.2, 0.25) is 0 Å². The summed E-state index contributed by atoms with van der Waals surface area (Å²) in [6, 6.07) is 16.0. The van der Waals surface area contributed by atoms with Gasteiger partial charge in [0, 0.05) is 12.1 Å². The number of carbonyl (C=O) groups is 1. The van der Waals surface area contributed by atoms with Crippen LogP contribution in [0.5, 0.6) is 11.5 Å². The number of hydrogen-bond acceptors (Lipinski definition) is 5. The summed E-state index contributed by atoms with van der Waals surface area (Å²) >= 11 is 0. The van der Waals surface area contributed by atoms with E-state index in [1.54, 1.807) is 30.3 Å². The van der Waals surface area contributed by atoms with Crippen LogP contribution in [0.15, 0.2) is 77.0 Å². The van der Waals surface area contributed by atoms with E-state index in [-0.39, 0.29) is 17.0 Å². The molecule has 0 spiro atoms. The number of unbranched alkanes of at least 4 members (excludes halogenated alkanes) is 7. The molecule has 0 aliphatic carbocycles. The number of esters is 1. The van der Waals surface area contributed by atoms with Crippen LogP contribution in [0.25, 0.3) is 0 Å². The first-order valence-electron chi connectivity index (χ1n) is 12.5. The lowest BCUT2D eigenvalue weighted by atomic mass is 10.1. The van der Waals surface area contributed by atoms with Crippen LogP contribution < -0.4 is 9.47 Å². The Kier molecular flexibility index (Phi) is 11.0. The van der Waals surface area contributed by atoms with Crippen molar-refractivity contribution in [3.8, 4) is 11.5 Å². The Bertz CT molecular complexity index is 1130. The summed E-state index contributed by atoms with van der Waals surface area (Å²) in [5, 5.41) is 7.76. The summed E-state index contributed by atoms with van der Waals surface area (Å²) < 4.78 is 38.6. The minimum atomic E-state index is -0.760. The molecule has 0 radical (unpaired) electrons. The van der Waals surface area contributed by atoms with Gasteiger partial charge in [0.15, 0.2) is 11.6 Å². The predicted molar refractivity (Wildman–Crippen MR) is 136 cm³/mol. The maximum atomic E-state index is 14.4. The smallest absolute Gasteiger partial charge is 0.343 e. The molecule has 0 amide bonds. The molecule has 0 saturated carbocycles. The zero-order chi connectivity index (χ0) is 25.6. The van der Waals surface area contributed by atoms with Crippen molar-refractivity contribution in [2.24, 2.45) is 10.2 Å². The highest BCUT2D eigenvalue weighted by Gasteiger charge is 2.13. The number of benzene rings is 3. The van der Waals surface area contributed by atoms with Crippen molar-refractivity contribution in [2.75, 3.05) is 6.61 Å². The van der Waals surface area contributed by atoms with Crippen molar-refractivity contribution in [3.63, 3.8) is 0 Å². The molecule has 0 saturated heterocycles. The maximum Gasteiger partial charge on any atom is 0.343 e. The van der Waals surface area contributed by atoms with Crippen molar-refractivity contribution in [2.45, 2.75) is 58.3 Å². The second kappa shape index (κ2) is 14.7. The van der Waals surface area contributed by atoms with Gasteiger partial charge in [-0.15, -0.1) is 0 Å². The van der Waals surface area contributed by atoms with E-state index < -0.39 is 17.6 Å². The van der Waals surface area contributed by atoms with Crippen LogP contribution in [0.1, 0.15) is 68.6 Å². The first kappa shape index (κ1) is 27.0. The lowest BCUT2D eigenvalue weighted by molar-refractivity contribution is 0.0728. The standard InChI is InChI=1S/C29H32F2N2O3/c1-2-3-4-5-6-7-8-9-19-35-26-16-13-22(14-17-26)29(34)36-28-18-15-25(21-27(28)31)33-32-24-12-10-11-23(30)20-24/h10-18,20-21H,2-9,19H2,1H3. The Morgan fingerprint density at radius 1 is 0.778 bits per heavy atom. The number of rotatable bonds is 14. The molecule has 0 atom stereocenters. The molecule has 0 aliphatic rings. The second-order valence-electron chi connectivity index (χ2n) is 8.53. The molecule has 3 aromatic carbocycles. The SMILES string of the molecule is CCCCCCCCCCOc1ccc(C(=O)Oc2ccc(N=Nc3cccc(F)c3)cc2F)cc1. The molecule has 0 heterocycles. The summed E-state index contributed by atoms with van der Waals surface area (Å²) in [5.74, 6) is -1.43. The van der Waals surface area contributed by atoms with Crippen LogP contribution >= 0.6 is 0 Å². The lowest BCUT2D eigenvalue weighted by Gasteiger charge is -2.08. The average Bonchev–Trinajstić information content (AvgIpc) is 2.88. The lowest BCUT2D eigenvalue weighted by Crippen LogP contribution is -2.09. The molecular formula is C29H32F2N2O3. The van der Waals surface area contributed by atoms with E-state index in [1.165, 1.54) is 68.9 Å². The van der Waals surface area contributed by atoms with Crippen LogP contribution in [0, 0.1) is 11.6 Å². The summed E-state index contributed by atoms with van der Waals surface area (Å²) in [5.41, 5.74) is 0.786. The van der Waals surface area contributed by atoms with E-state index in [0.29, 0.717) is 18.0 Å². The molecule has 0 fully saturated rings. The number of halogens is 2. The van der Waals surface area contributed by atoms with Crippen molar-refractivity contribution in [1.29, 1.82) is 0 Å². The van der Waals surface area contributed by atoms with Crippen LogP contribution in [-0.4, -0.2) is 12.6 Å². The van der Waals surface area contributed by atoms with E-state index in [4.69, 9.17) is 9.47 Å². The van der Waals surface area contributed by atoms with E-state index in [0.717, 1.165) is 18.9 Å². The van der Waals surface area contributed by atoms with Gasteiger partial charge in [0.05, 0.1) is 23.5 Å². The number of ether oxygens (including phenoxy) is 2. The van der Waals surface area contributed by atoms with Gasteiger partial charge in [-0.05, 0) is 55.0 Å². The third-order valence-electron chi connectivity index (χ3n) is 5.56. The highest BCUT2D eigenvalue weighted by molar-refractivity contribution is 5.91. The van der Waals surface area contributed by atoms with Crippen LogP contribution in [0.3, 0.4) is 0 Å². The molecule has 3 aromatic rings. The van der Waals surface area contributed by atoms with Gasteiger partial charge in [-0.25, -0.2) is 13.6 Å². The largest absolute Gasteiger partial charge is 0.494 e. The molecule has 0 aromatic heterocycles. The van der Waals surface area contributed by atoms with E-state index in [2.05, 4.69) is 17.2 Å². The van der Waals surface area contributed by atoms with Crippen molar-refractivity contribution in [1.82, 2.24) is 0 Å². The number of hydrogen-bond donors (Lipinski definition) is 0. The Labute approximate surface area is 211 Å². The minimum Gasteiger partial charge on any atom is -0.494 e. The molecule has 0 unspecified atom stereocenters. The van der Waals surface area contributed by atoms with Crippen LogP contribution in [0.2, 0.25) is 0 Å². The fraction of sp³-hybridized carbons (Fsp3) is 0.345. The molecule has 190 valence electrons. The molecular weight excluding hydrogens is 462 g/mol. The average molecular weight is 495 g/mol. The number of azo groups is 1. The summed E-state index contributed by atoms with van der Waals surface area (Å²) in [6.07, 6.45) is 9.86. The fourth-order valence-electron chi connectivity index (χ4n) is 3.56. The zero-order valence-electron chi connectivity index (χ0n) is 20.6. The Morgan fingerprint density at radius 2 is 1.44 bits per heavy atom. The number of carbonyl (C=O) groups excluding carboxylic acids is 1. The Hall–Kier alpha value is -3.61. The number of nitrogens with zero attached hydrogens (tertiary/aromatic N) is 2. The normalized spacial score (nSPS) is 11.1. The quantitative estimate of drug-likeness (QED) is 0.0971. The van der Waals surface area contributed by atoms with E-state index in [1.807, 2.05) is 0 Å². The highest BCUT2D eigenvalue weighted by atomic mass is 19.1. The first-order chi connectivity index (χ1) is 17.5. The summed E-state index contributed by atoms with van der Waals surface area (Å²) in [4.78, 5) is 12.4. The molecule has 5 nitrogen and oxygen atoms in total. The topological polar surface area (TPSA) is 60.2 Å². The molecule has 0 aliphatic heterocycles. The second-order valence-corrected chi connectivity index (χ2v) is 8.53. The predicted octanol–water partition coefficient (Wildman–Crippen LogP) is 9.12. The van der Waals surface area contributed by atoms with Crippen molar-refractivity contribution < 1.29 is 23.0 Å². The fourth-order valence-corrected chi connectivity index (χ4v) is 3.56. The van der Waals surface area contributed by atoms with Crippen molar-refractivity contribution >= 4 is 17.3 Å². The van der Waals surface area contributed by atoms with Crippen LogP contribution in [0.4, 0.5) is 20.2 Å². The maximum absolute atomic E-state index is 14.4. The van der Waals surface area contributed by atoms with E-state index >= 15 is 0 Å². The van der Waals surface area contributed by atoms with E-state index in [9.17, 15) is 13.6 Å². The Balaban J connectivity index is 1.43. The summed E-state index contributed by atoms with van der Waals surface area (Å²) in [7, 11) is 0. The third kappa shape index (κ3) is 9.21. The highest BCUT2D eigenvalue weighted by Crippen LogP contribution is 2.26. The van der Waals surface area contributed by atoms with Gasteiger partial charge < -0.3 is 9.47 Å². The molecule has 7 heteroatoms. The zero-order valence-corrected chi connectivity index (χ0v) is 20.6. The molecule has 0 bridgehead atoms. The molecule has 36 heavy (non-hydrogen) atoms. The summed E-state index contributed by atoms with van der Waals surface area (Å²) in [6.45, 7) is 2.85. The molecule has 0 N–H and O–H groups in total. The van der Waals surface area contributed by atoms with Gasteiger partial charge in [0.1, 0.15) is 11.6 Å². The van der Waals surface area contributed by atoms with Gasteiger partial charge >= 0.3 is 5.97 Å². The van der Waals surface area contributed by atoms with Gasteiger partial charge in [-0.1, -0.05) is 57.9 Å². The first-order valence-corrected chi connectivity index (χ1v) is 12.5. The third-order valence-corrected chi connectivity index (χ3v) is 5.56. The van der Waals surface area contributed by atoms with Gasteiger partial charge in [-0.3, -0.25) is 0 Å². The molecule has 3 rings (SSSR count). The van der Waals surface area contributed by atoms with Gasteiger partial charge in [0.25, 0.3) is 0 Å². The monoisotopic (exact) mass is 494 g/mol. The minimum absolute atomic E-state index is 0.203. The van der Waals surface area contributed by atoms with Crippen LogP contribution in [-0.2, 0) is 0 Å². The Morgan fingerprint density at radius 3 is 2.11 bits per heavy atom. The van der Waals surface area contributed by atoms with Gasteiger partial charge in [-0.2, -0.15) is 10.2 Å².